The van der Waals surface area contributed by atoms with Gasteiger partial charge in [-0.15, -0.1) is 0 Å². The van der Waals surface area contributed by atoms with Gasteiger partial charge < -0.3 is 9.31 Å². The molecule has 23 heavy (non-hydrogen) atoms. The van der Waals surface area contributed by atoms with E-state index in [-0.39, 0.29) is 18.3 Å². The second-order valence-electron chi connectivity index (χ2n) is 7.61. The van der Waals surface area contributed by atoms with E-state index in [2.05, 4.69) is 70.7 Å². The van der Waals surface area contributed by atoms with Crippen molar-refractivity contribution in [1.29, 1.82) is 0 Å². The highest BCUT2D eigenvalue weighted by Crippen LogP contribution is 2.36. The number of rotatable bonds is 7. The van der Waals surface area contributed by atoms with Crippen LogP contribution < -0.4 is 5.46 Å². The average Bonchev–Trinajstić information content (AvgIpc) is 2.68. The molecular formula is C19H32BNO2. The first-order chi connectivity index (χ1) is 10.8. The van der Waals surface area contributed by atoms with Crippen LogP contribution >= 0.6 is 0 Å². The smallest absolute Gasteiger partial charge is 0.399 e. The van der Waals surface area contributed by atoms with Gasteiger partial charge in [-0.2, -0.15) is 0 Å². The third kappa shape index (κ3) is 4.37. The maximum Gasteiger partial charge on any atom is 0.494 e. The number of hydrogen-bond acceptors (Lipinski definition) is 3. The van der Waals surface area contributed by atoms with Gasteiger partial charge in [0.2, 0.25) is 0 Å². The number of nitrogens with zero attached hydrogens (tertiary/aromatic N) is 1. The molecule has 128 valence electrons. The van der Waals surface area contributed by atoms with E-state index in [0.29, 0.717) is 0 Å². The quantitative estimate of drug-likeness (QED) is 0.717. The molecule has 4 heteroatoms. The molecule has 1 aliphatic heterocycles. The van der Waals surface area contributed by atoms with Gasteiger partial charge in [0.15, 0.2) is 0 Å². The third-order valence-electron chi connectivity index (χ3n) is 4.96. The molecule has 0 spiro atoms. The molecule has 1 aromatic carbocycles. The fraction of sp³-hybridized carbons (Fsp3) is 0.684. The number of hydrogen-bond donors (Lipinski definition) is 0. The third-order valence-corrected chi connectivity index (χ3v) is 4.96. The summed E-state index contributed by atoms with van der Waals surface area (Å²) >= 11 is 0. The molecular weight excluding hydrogens is 285 g/mol. The van der Waals surface area contributed by atoms with Gasteiger partial charge in [-0.05, 0) is 64.7 Å². The molecule has 1 fully saturated rings. The lowest BCUT2D eigenvalue weighted by Gasteiger charge is -2.32. The Morgan fingerprint density at radius 1 is 0.957 bits per heavy atom. The van der Waals surface area contributed by atoms with Crippen LogP contribution in [0.3, 0.4) is 0 Å². The monoisotopic (exact) mass is 317 g/mol. The normalized spacial score (nSPS) is 19.5. The van der Waals surface area contributed by atoms with Crippen LogP contribution in [-0.2, 0) is 15.9 Å². The largest absolute Gasteiger partial charge is 0.494 e. The van der Waals surface area contributed by atoms with Gasteiger partial charge in [0, 0.05) is 6.54 Å². The van der Waals surface area contributed by atoms with Crippen LogP contribution in [0.15, 0.2) is 24.3 Å². The summed E-state index contributed by atoms with van der Waals surface area (Å²) < 4.78 is 12.3. The Kier molecular flexibility index (Phi) is 5.93. The van der Waals surface area contributed by atoms with E-state index in [1.165, 1.54) is 18.4 Å². The topological polar surface area (TPSA) is 21.7 Å². The first kappa shape index (κ1) is 18.5. The van der Waals surface area contributed by atoms with Crippen molar-refractivity contribution in [3.8, 4) is 0 Å². The van der Waals surface area contributed by atoms with Gasteiger partial charge in [-0.3, -0.25) is 4.90 Å². The SMILES string of the molecule is CCCN(CCC)Cc1cccc(B2OC(C)(C)C(C)(C)O2)c1. The second kappa shape index (κ2) is 7.37. The summed E-state index contributed by atoms with van der Waals surface area (Å²) in [6, 6.07) is 8.66. The molecule has 0 unspecified atom stereocenters. The van der Waals surface area contributed by atoms with Gasteiger partial charge >= 0.3 is 7.12 Å². The Balaban J connectivity index is 2.11. The maximum absolute atomic E-state index is 6.17. The molecule has 1 aromatic rings. The molecule has 0 saturated carbocycles. The summed E-state index contributed by atoms with van der Waals surface area (Å²) in [5, 5.41) is 0. The zero-order valence-corrected chi connectivity index (χ0v) is 15.7. The van der Waals surface area contributed by atoms with E-state index in [1.54, 1.807) is 0 Å². The standard InChI is InChI=1S/C19H32BNO2/c1-7-12-21(13-8-2)15-16-10-9-11-17(14-16)20-22-18(3,4)19(5,6)23-20/h9-11,14H,7-8,12-13,15H2,1-6H3. The van der Waals surface area contributed by atoms with Crippen LogP contribution in [0, 0.1) is 0 Å². The van der Waals surface area contributed by atoms with Crippen molar-refractivity contribution in [2.24, 2.45) is 0 Å². The van der Waals surface area contributed by atoms with E-state index in [0.717, 1.165) is 25.1 Å². The molecule has 0 atom stereocenters. The van der Waals surface area contributed by atoms with Gasteiger partial charge in [-0.25, -0.2) is 0 Å². The van der Waals surface area contributed by atoms with Crippen molar-refractivity contribution < 1.29 is 9.31 Å². The van der Waals surface area contributed by atoms with Crippen LogP contribution in [0.1, 0.15) is 59.9 Å². The lowest BCUT2D eigenvalue weighted by Crippen LogP contribution is -2.41. The summed E-state index contributed by atoms with van der Waals surface area (Å²) in [6.07, 6.45) is 2.38. The molecule has 0 amide bonds. The fourth-order valence-corrected chi connectivity index (χ4v) is 2.98. The Morgan fingerprint density at radius 3 is 2.04 bits per heavy atom. The van der Waals surface area contributed by atoms with E-state index in [1.807, 2.05) is 0 Å². The van der Waals surface area contributed by atoms with Gasteiger partial charge in [-0.1, -0.05) is 38.1 Å². The van der Waals surface area contributed by atoms with Crippen LogP contribution in [0.5, 0.6) is 0 Å². The van der Waals surface area contributed by atoms with E-state index >= 15 is 0 Å². The van der Waals surface area contributed by atoms with Crippen molar-refractivity contribution in [2.75, 3.05) is 13.1 Å². The van der Waals surface area contributed by atoms with E-state index < -0.39 is 0 Å². The van der Waals surface area contributed by atoms with Crippen molar-refractivity contribution in [3.63, 3.8) is 0 Å². The van der Waals surface area contributed by atoms with Crippen LogP contribution in [0.25, 0.3) is 0 Å². The molecule has 1 saturated heterocycles. The predicted octanol–water partition coefficient (Wildman–Crippen LogP) is 3.61. The van der Waals surface area contributed by atoms with Crippen LogP contribution in [0.2, 0.25) is 0 Å². The Bertz CT molecular complexity index is 494. The maximum atomic E-state index is 6.17. The highest BCUT2D eigenvalue weighted by atomic mass is 16.7. The summed E-state index contributed by atoms with van der Waals surface area (Å²) in [6.45, 7) is 16.2. The molecule has 0 radical (unpaired) electrons. The van der Waals surface area contributed by atoms with Gasteiger partial charge in [0.25, 0.3) is 0 Å². The molecule has 1 heterocycles. The molecule has 0 aromatic heterocycles. The first-order valence-corrected chi connectivity index (χ1v) is 8.96. The first-order valence-electron chi connectivity index (χ1n) is 8.96. The average molecular weight is 317 g/mol. The Hall–Kier alpha value is -0.835. The van der Waals surface area contributed by atoms with Crippen LogP contribution in [0.4, 0.5) is 0 Å². The summed E-state index contributed by atoms with van der Waals surface area (Å²) in [5.41, 5.74) is 1.88. The Morgan fingerprint density at radius 2 is 1.52 bits per heavy atom. The molecule has 3 nitrogen and oxygen atoms in total. The minimum atomic E-state index is -0.288. The van der Waals surface area contributed by atoms with Gasteiger partial charge in [0.05, 0.1) is 11.2 Å². The highest BCUT2D eigenvalue weighted by Gasteiger charge is 2.51. The highest BCUT2D eigenvalue weighted by molar-refractivity contribution is 6.62. The predicted molar refractivity (Wildman–Crippen MR) is 98.0 cm³/mol. The molecule has 0 aliphatic carbocycles. The molecule has 2 rings (SSSR count). The molecule has 0 bridgehead atoms. The van der Waals surface area contributed by atoms with Crippen LogP contribution in [-0.4, -0.2) is 36.3 Å². The zero-order valence-electron chi connectivity index (χ0n) is 15.7. The minimum absolute atomic E-state index is 0.272. The van der Waals surface area contributed by atoms with Crippen molar-refractivity contribution in [2.45, 2.75) is 72.1 Å². The summed E-state index contributed by atoms with van der Waals surface area (Å²) in [7, 11) is -0.272. The minimum Gasteiger partial charge on any atom is -0.399 e. The van der Waals surface area contributed by atoms with Gasteiger partial charge in [0.1, 0.15) is 0 Å². The zero-order chi connectivity index (χ0) is 17.1. The summed E-state index contributed by atoms with van der Waals surface area (Å²) in [5.74, 6) is 0. The number of benzene rings is 1. The van der Waals surface area contributed by atoms with Crippen molar-refractivity contribution >= 4 is 12.6 Å². The Labute approximate surface area is 142 Å². The fourth-order valence-electron chi connectivity index (χ4n) is 2.98. The second-order valence-corrected chi connectivity index (χ2v) is 7.61. The lowest BCUT2D eigenvalue weighted by atomic mass is 9.78. The molecule has 1 aliphatic rings. The van der Waals surface area contributed by atoms with E-state index in [4.69, 9.17) is 9.31 Å². The van der Waals surface area contributed by atoms with E-state index in [9.17, 15) is 0 Å². The van der Waals surface area contributed by atoms with Crippen molar-refractivity contribution in [1.82, 2.24) is 4.90 Å². The van der Waals surface area contributed by atoms with Crippen molar-refractivity contribution in [3.05, 3.63) is 29.8 Å². The lowest BCUT2D eigenvalue weighted by molar-refractivity contribution is 0.00578. The summed E-state index contributed by atoms with van der Waals surface area (Å²) in [4.78, 5) is 2.52. The molecule has 0 N–H and O–H groups in total.